The van der Waals surface area contributed by atoms with Gasteiger partial charge in [0, 0.05) is 17.3 Å². The van der Waals surface area contributed by atoms with Gasteiger partial charge in [-0.05, 0) is 56.4 Å². The minimum atomic E-state index is -0.690. The Kier molecular flexibility index (Phi) is 4.94. The molecule has 5 rings (SSSR count). The predicted octanol–water partition coefficient (Wildman–Crippen LogP) is 4.70. The van der Waals surface area contributed by atoms with E-state index >= 15 is 0 Å². The fourth-order valence-corrected chi connectivity index (χ4v) is 5.10. The van der Waals surface area contributed by atoms with Crippen LogP contribution < -0.4 is 14.8 Å². The molecule has 2 N–H and O–H groups in total. The van der Waals surface area contributed by atoms with E-state index in [2.05, 4.69) is 18.3 Å². The van der Waals surface area contributed by atoms with E-state index < -0.39 is 5.97 Å². The minimum absolute atomic E-state index is 0.207. The third kappa shape index (κ3) is 3.67. The van der Waals surface area contributed by atoms with E-state index in [0.29, 0.717) is 19.4 Å². The highest BCUT2D eigenvalue weighted by Gasteiger charge is 2.29. The maximum Gasteiger partial charge on any atom is 0.306 e. The zero-order valence-electron chi connectivity index (χ0n) is 16.7. The molecule has 0 spiro atoms. The monoisotopic (exact) mass is 425 g/mol. The number of carboxylic acids is 1. The molecule has 7 nitrogen and oxygen atoms in total. The molecule has 1 aliphatic heterocycles. The lowest BCUT2D eigenvalue weighted by molar-refractivity contribution is -0.142. The van der Waals surface area contributed by atoms with Crippen LogP contribution in [0.2, 0.25) is 0 Å². The van der Waals surface area contributed by atoms with Gasteiger partial charge in [-0.25, -0.2) is 9.97 Å². The summed E-state index contributed by atoms with van der Waals surface area (Å²) in [5, 5.41) is 13.8. The second-order valence-electron chi connectivity index (χ2n) is 7.93. The molecule has 1 fully saturated rings. The van der Waals surface area contributed by atoms with Gasteiger partial charge in [0.15, 0.2) is 11.5 Å². The molecular weight excluding hydrogens is 402 g/mol. The lowest BCUT2D eigenvalue weighted by Crippen LogP contribution is -2.21. The summed E-state index contributed by atoms with van der Waals surface area (Å²) in [6.07, 6.45) is 3.00. The van der Waals surface area contributed by atoms with E-state index in [9.17, 15) is 9.90 Å². The van der Waals surface area contributed by atoms with Gasteiger partial charge in [-0.1, -0.05) is 6.07 Å². The number of rotatable bonds is 5. The maximum absolute atomic E-state index is 11.3. The van der Waals surface area contributed by atoms with E-state index in [1.165, 1.54) is 4.88 Å². The first-order valence-corrected chi connectivity index (χ1v) is 11.0. The zero-order chi connectivity index (χ0) is 20.7. The van der Waals surface area contributed by atoms with Gasteiger partial charge in [0.05, 0.1) is 11.3 Å². The van der Waals surface area contributed by atoms with Crippen LogP contribution in [0.4, 0.5) is 5.82 Å². The number of carboxylic acid groups (broad SMARTS) is 1. The predicted molar refractivity (Wildman–Crippen MR) is 114 cm³/mol. The number of nitrogens with zero attached hydrogens (tertiary/aromatic N) is 2. The second kappa shape index (κ2) is 7.75. The number of aryl methyl sites for hydroxylation is 1. The molecule has 0 atom stereocenters. The van der Waals surface area contributed by atoms with Crippen LogP contribution in [0.1, 0.15) is 47.9 Å². The minimum Gasteiger partial charge on any atom is -0.481 e. The second-order valence-corrected chi connectivity index (χ2v) is 9.17. The average molecular weight is 426 g/mol. The Morgan fingerprint density at radius 1 is 1.17 bits per heavy atom. The average Bonchev–Trinajstić information content (AvgIpc) is 3.37. The van der Waals surface area contributed by atoms with Gasteiger partial charge in [-0.3, -0.25) is 4.79 Å². The van der Waals surface area contributed by atoms with Crippen molar-refractivity contribution < 1.29 is 19.4 Å². The smallest absolute Gasteiger partial charge is 0.306 e. The van der Waals surface area contributed by atoms with E-state index in [1.807, 2.05) is 18.2 Å². The molecule has 2 aromatic heterocycles. The molecular formula is C22H23N3O4S. The molecule has 30 heavy (non-hydrogen) atoms. The first-order valence-electron chi connectivity index (χ1n) is 10.2. The number of nitrogens with one attached hydrogen (secondary N) is 1. The number of benzene rings is 1. The van der Waals surface area contributed by atoms with Crippen molar-refractivity contribution >= 4 is 33.3 Å². The van der Waals surface area contributed by atoms with Gasteiger partial charge >= 0.3 is 5.97 Å². The molecule has 1 aromatic carbocycles. The van der Waals surface area contributed by atoms with Gasteiger partial charge < -0.3 is 19.9 Å². The SMILES string of the molecule is Cc1cc2c(NCc3ccc4c(c3)OCO4)nc(C3CCC(C(=O)O)CC3)nc2s1. The molecule has 1 saturated carbocycles. The number of hydrogen-bond donors (Lipinski definition) is 2. The molecule has 0 bridgehead atoms. The normalized spacial score (nSPS) is 20.4. The highest BCUT2D eigenvalue weighted by Crippen LogP contribution is 2.38. The van der Waals surface area contributed by atoms with Crippen molar-refractivity contribution in [3.8, 4) is 11.5 Å². The summed E-state index contributed by atoms with van der Waals surface area (Å²) in [5.41, 5.74) is 1.08. The third-order valence-electron chi connectivity index (χ3n) is 5.87. The molecule has 0 amide bonds. The number of hydrogen-bond acceptors (Lipinski definition) is 7. The van der Waals surface area contributed by atoms with Crippen molar-refractivity contribution in [1.82, 2.24) is 9.97 Å². The number of anilines is 1. The van der Waals surface area contributed by atoms with Crippen LogP contribution in [-0.2, 0) is 11.3 Å². The van der Waals surface area contributed by atoms with Gasteiger partial charge in [0.1, 0.15) is 16.5 Å². The lowest BCUT2D eigenvalue weighted by Gasteiger charge is -2.25. The van der Waals surface area contributed by atoms with Crippen molar-refractivity contribution in [3.63, 3.8) is 0 Å². The topological polar surface area (TPSA) is 93.6 Å². The summed E-state index contributed by atoms with van der Waals surface area (Å²) < 4.78 is 10.9. The Balaban J connectivity index is 1.39. The Morgan fingerprint density at radius 3 is 2.77 bits per heavy atom. The van der Waals surface area contributed by atoms with E-state index in [0.717, 1.165) is 51.8 Å². The van der Waals surface area contributed by atoms with Crippen LogP contribution >= 0.6 is 11.3 Å². The number of aromatic nitrogens is 2. The lowest BCUT2D eigenvalue weighted by atomic mass is 9.81. The van der Waals surface area contributed by atoms with Gasteiger partial charge in [0.2, 0.25) is 6.79 Å². The van der Waals surface area contributed by atoms with Crippen LogP contribution in [0.15, 0.2) is 24.3 Å². The van der Waals surface area contributed by atoms with E-state index in [4.69, 9.17) is 19.4 Å². The summed E-state index contributed by atoms with van der Waals surface area (Å²) in [6.45, 7) is 2.95. The number of fused-ring (bicyclic) bond motifs is 2. The van der Waals surface area contributed by atoms with E-state index in [1.54, 1.807) is 11.3 Å². The third-order valence-corrected chi connectivity index (χ3v) is 6.82. The number of thiophene rings is 1. The van der Waals surface area contributed by atoms with Crippen molar-refractivity contribution in [2.24, 2.45) is 5.92 Å². The van der Waals surface area contributed by atoms with Crippen LogP contribution in [0.3, 0.4) is 0 Å². The highest BCUT2D eigenvalue weighted by molar-refractivity contribution is 7.18. The molecule has 3 aromatic rings. The summed E-state index contributed by atoms with van der Waals surface area (Å²) in [5.74, 6) is 2.47. The summed E-state index contributed by atoms with van der Waals surface area (Å²) >= 11 is 1.67. The number of ether oxygens (including phenoxy) is 2. The van der Waals surface area contributed by atoms with Crippen LogP contribution in [-0.4, -0.2) is 27.8 Å². The highest BCUT2D eigenvalue weighted by atomic mass is 32.1. The van der Waals surface area contributed by atoms with Crippen molar-refractivity contribution in [1.29, 1.82) is 0 Å². The van der Waals surface area contributed by atoms with Crippen LogP contribution in [0, 0.1) is 12.8 Å². The number of aliphatic carboxylic acids is 1. The molecule has 3 heterocycles. The molecule has 8 heteroatoms. The van der Waals surface area contributed by atoms with Crippen LogP contribution in [0.25, 0.3) is 10.2 Å². The number of carbonyl (C=O) groups is 1. The first kappa shape index (κ1) is 19.1. The molecule has 0 radical (unpaired) electrons. The standard InChI is InChI=1S/C22H23N3O4S/c1-12-8-16-20(23-10-13-2-7-17-18(9-13)29-11-28-17)24-19(25-21(16)30-12)14-3-5-15(6-4-14)22(26)27/h2,7-9,14-15H,3-6,10-11H2,1H3,(H,26,27)(H,23,24,25). The van der Waals surface area contributed by atoms with Gasteiger partial charge in [-0.2, -0.15) is 0 Å². The molecule has 0 unspecified atom stereocenters. The molecule has 1 aliphatic carbocycles. The first-order chi connectivity index (χ1) is 14.6. The summed E-state index contributed by atoms with van der Waals surface area (Å²) in [6, 6.07) is 8.05. The van der Waals surface area contributed by atoms with E-state index in [-0.39, 0.29) is 18.6 Å². The van der Waals surface area contributed by atoms with Gasteiger partial charge in [-0.15, -0.1) is 11.3 Å². The maximum atomic E-state index is 11.3. The Hall–Kier alpha value is -2.87. The quantitative estimate of drug-likeness (QED) is 0.612. The summed E-state index contributed by atoms with van der Waals surface area (Å²) in [7, 11) is 0. The largest absolute Gasteiger partial charge is 0.481 e. The molecule has 156 valence electrons. The zero-order valence-corrected chi connectivity index (χ0v) is 17.5. The summed E-state index contributed by atoms with van der Waals surface area (Å²) in [4.78, 5) is 23.1. The molecule has 0 saturated heterocycles. The van der Waals surface area contributed by atoms with Crippen LogP contribution in [0.5, 0.6) is 11.5 Å². The van der Waals surface area contributed by atoms with Crippen molar-refractivity contribution in [3.05, 3.63) is 40.5 Å². The fourth-order valence-electron chi connectivity index (χ4n) is 4.21. The van der Waals surface area contributed by atoms with Crippen molar-refractivity contribution in [2.75, 3.05) is 12.1 Å². The Labute approximate surface area is 178 Å². The van der Waals surface area contributed by atoms with Gasteiger partial charge in [0.25, 0.3) is 0 Å². The fraction of sp³-hybridized carbons (Fsp3) is 0.409. The Morgan fingerprint density at radius 2 is 1.97 bits per heavy atom. The molecule has 2 aliphatic rings. The Bertz CT molecular complexity index is 1110. The van der Waals surface area contributed by atoms with Crippen molar-refractivity contribution in [2.45, 2.75) is 45.1 Å².